The van der Waals surface area contributed by atoms with Crippen LogP contribution in [0.4, 0.5) is 0 Å². The first-order valence-corrected chi connectivity index (χ1v) is 6.54. The fourth-order valence-corrected chi connectivity index (χ4v) is 2.75. The molecule has 0 amide bonds. The molecule has 0 bridgehead atoms. The summed E-state index contributed by atoms with van der Waals surface area (Å²) in [7, 11) is 3.64. The third-order valence-electron chi connectivity index (χ3n) is 3.92. The number of likely N-dealkylation sites (N-methyl/N-ethyl adjacent to an activating group) is 1. The fraction of sp³-hybridized carbons (Fsp3) is 0.923. The van der Waals surface area contributed by atoms with E-state index in [1.54, 1.807) is 7.11 Å². The number of ether oxygens (including phenoxy) is 1. The molecule has 0 aliphatic heterocycles. The van der Waals surface area contributed by atoms with Crippen molar-refractivity contribution in [2.45, 2.75) is 44.2 Å². The van der Waals surface area contributed by atoms with Gasteiger partial charge in [-0.25, -0.2) is 0 Å². The predicted molar refractivity (Wildman–Crippen MR) is 68.8 cm³/mol. The van der Waals surface area contributed by atoms with E-state index in [0.29, 0.717) is 6.04 Å². The zero-order valence-electron chi connectivity index (χ0n) is 11.3. The second-order valence-corrected chi connectivity index (χ2v) is 4.82. The third-order valence-corrected chi connectivity index (χ3v) is 3.92. The van der Waals surface area contributed by atoms with E-state index in [2.05, 4.69) is 23.2 Å². The molecule has 0 radical (unpaired) electrons. The maximum atomic E-state index is 9.33. The number of rotatable bonds is 6. The van der Waals surface area contributed by atoms with Gasteiger partial charge in [0.2, 0.25) is 0 Å². The Balaban J connectivity index is 2.61. The molecule has 4 heteroatoms. The molecule has 1 N–H and O–H groups in total. The summed E-state index contributed by atoms with van der Waals surface area (Å²) in [5.41, 5.74) is -0.316. The lowest BCUT2D eigenvalue weighted by molar-refractivity contribution is 0.0896. The first kappa shape index (κ1) is 14.4. The second kappa shape index (κ2) is 6.95. The maximum Gasteiger partial charge on any atom is 0.108 e. The molecule has 1 saturated carbocycles. The molecule has 17 heavy (non-hydrogen) atoms. The molecule has 0 aromatic carbocycles. The van der Waals surface area contributed by atoms with Gasteiger partial charge in [-0.2, -0.15) is 5.26 Å². The average Bonchev–Trinajstić information content (AvgIpc) is 2.40. The van der Waals surface area contributed by atoms with Crippen molar-refractivity contribution in [2.24, 2.45) is 0 Å². The molecule has 1 rings (SSSR count). The third kappa shape index (κ3) is 3.67. The Morgan fingerprint density at radius 2 is 2.35 bits per heavy atom. The van der Waals surface area contributed by atoms with Gasteiger partial charge < -0.3 is 10.1 Å². The minimum absolute atomic E-state index is 0.316. The van der Waals surface area contributed by atoms with Crippen molar-refractivity contribution in [3.8, 4) is 6.07 Å². The highest BCUT2D eigenvalue weighted by molar-refractivity contribution is 5.10. The van der Waals surface area contributed by atoms with Crippen molar-refractivity contribution < 1.29 is 4.74 Å². The van der Waals surface area contributed by atoms with Gasteiger partial charge in [-0.05, 0) is 39.3 Å². The smallest absolute Gasteiger partial charge is 0.108 e. The van der Waals surface area contributed by atoms with Crippen LogP contribution in [0.3, 0.4) is 0 Å². The molecular formula is C13H25N3O. The van der Waals surface area contributed by atoms with Crippen LogP contribution >= 0.6 is 0 Å². The number of hydrogen-bond donors (Lipinski definition) is 1. The normalized spacial score (nSPS) is 29.2. The van der Waals surface area contributed by atoms with Crippen LogP contribution in [0, 0.1) is 11.3 Å². The molecule has 2 unspecified atom stereocenters. The monoisotopic (exact) mass is 239 g/mol. The molecule has 0 spiro atoms. The Kier molecular flexibility index (Phi) is 5.90. The first-order valence-electron chi connectivity index (χ1n) is 6.54. The highest BCUT2D eigenvalue weighted by atomic mass is 16.5. The van der Waals surface area contributed by atoms with Gasteiger partial charge in [0.25, 0.3) is 0 Å². The molecule has 1 fully saturated rings. The van der Waals surface area contributed by atoms with Gasteiger partial charge in [-0.15, -0.1) is 0 Å². The van der Waals surface area contributed by atoms with Gasteiger partial charge in [0.05, 0.1) is 12.7 Å². The summed E-state index contributed by atoms with van der Waals surface area (Å²) in [5.74, 6) is 0. The molecule has 0 heterocycles. The van der Waals surface area contributed by atoms with Gasteiger partial charge in [-0.1, -0.05) is 6.92 Å². The summed E-state index contributed by atoms with van der Waals surface area (Å²) >= 11 is 0. The molecule has 98 valence electrons. The van der Waals surface area contributed by atoms with Crippen LogP contribution in [-0.2, 0) is 4.74 Å². The van der Waals surface area contributed by atoms with E-state index < -0.39 is 0 Å². The molecular weight excluding hydrogens is 214 g/mol. The largest absolute Gasteiger partial charge is 0.383 e. The van der Waals surface area contributed by atoms with Crippen molar-refractivity contribution in [2.75, 3.05) is 33.9 Å². The lowest BCUT2D eigenvalue weighted by Gasteiger charge is -2.40. The van der Waals surface area contributed by atoms with Crippen molar-refractivity contribution in [1.29, 1.82) is 5.26 Å². The van der Waals surface area contributed by atoms with E-state index in [-0.39, 0.29) is 5.54 Å². The van der Waals surface area contributed by atoms with Crippen LogP contribution in [0.15, 0.2) is 0 Å². The summed E-state index contributed by atoms with van der Waals surface area (Å²) in [6.07, 6.45) is 4.22. The van der Waals surface area contributed by atoms with Crippen LogP contribution in [0.2, 0.25) is 0 Å². The highest BCUT2D eigenvalue weighted by Crippen LogP contribution is 2.30. The summed E-state index contributed by atoms with van der Waals surface area (Å²) in [5, 5.41) is 12.5. The topological polar surface area (TPSA) is 48.3 Å². The lowest BCUT2D eigenvalue weighted by Crippen LogP contribution is -2.52. The van der Waals surface area contributed by atoms with Gasteiger partial charge in [0.15, 0.2) is 0 Å². The summed E-state index contributed by atoms with van der Waals surface area (Å²) < 4.78 is 5.15. The van der Waals surface area contributed by atoms with Crippen LogP contribution < -0.4 is 5.32 Å². The maximum absolute atomic E-state index is 9.33. The molecule has 1 aliphatic rings. The quantitative estimate of drug-likeness (QED) is 0.761. The minimum Gasteiger partial charge on any atom is -0.383 e. The van der Waals surface area contributed by atoms with Gasteiger partial charge in [-0.3, -0.25) is 4.90 Å². The zero-order valence-corrected chi connectivity index (χ0v) is 11.3. The van der Waals surface area contributed by atoms with E-state index in [4.69, 9.17) is 4.74 Å². The summed E-state index contributed by atoms with van der Waals surface area (Å²) in [4.78, 5) is 2.44. The van der Waals surface area contributed by atoms with E-state index in [1.807, 2.05) is 7.05 Å². The zero-order chi connectivity index (χ0) is 12.7. The molecule has 0 aromatic heterocycles. The van der Waals surface area contributed by atoms with Crippen LogP contribution in [0.1, 0.15) is 32.6 Å². The standard InChI is InChI=1S/C13H25N3O/c1-4-16(8-9-17-3)12-6-5-7-13(10-12,11-14)15-2/h12,15H,4-10H2,1-3H3. The van der Waals surface area contributed by atoms with E-state index in [0.717, 1.165) is 39.0 Å². The first-order chi connectivity index (χ1) is 8.21. The van der Waals surface area contributed by atoms with Gasteiger partial charge in [0, 0.05) is 19.7 Å². The molecule has 0 saturated heterocycles. The number of nitriles is 1. The number of nitrogens with zero attached hydrogens (tertiary/aromatic N) is 2. The molecule has 4 nitrogen and oxygen atoms in total. The molecule has 1 aliphatic carbocycles. The average molecular weight is 239 g/mol. The van der Waals surface area contributed by atoms with Crippen molar-refractivity contribution in [1.82, 2.24) is 10.2 Å². The Morgan fingerprint density at radius 1 is 1.59 bits per heavy atom. The van der Waals surface area contributed by atoms with Crippen LogP contribution in [-0.4, -0.2) is 50.3 Å². The van der Waals surface area contributed by atoms with E-state index in [1.165, 1.54) is 6.42 Å². The van der Waals surface area contributed by atoms with Gasteiger partial charge >= 0.3 is 0 Å². The lowest BCUT2D eigenvalue weighted by atomic mass is 9.79. The SMILES string of the molecule is CCN(CCOC)C1CCCC(C#N)(NC)C1. The molecule has 2 atom stereocenters. The highest BCUT2D eigenvalue weighted by Gasteiger charge is 2.36. The van der Waals surface area contributed by atoms with E-state index in [9.17, 15) is 5.26 Å². The van der Waals surface area contributed by atoms with Crippen LogP contribution in [0.5, 0.6) is 0 Å². The second-order valence-electron chi connectivity index (χ2n) is 4.82. The predicted octanol–water partition coefficient (Wildman–Crippen LogP) is 1.38. The Labute approximate surface area is 105 Å². The minimum atomic E-state index is -0.316. The Hall–Kier alpha value is -0.630. The molecule has 0 aromatic rings. The van der Waals surface area contributed by atoms with Crippen LogP contribution in [0.25, 0.3) is 0 Å². The summed E-state index contributed by atoms with van der Waals surface area (Å²) in [6, 6.07) is 2.97. The fourth-order valence-electron chi connectivity index (χ4n) is 2.75. The number of hydrogen-bond acceptors (Lipinski definition) is 4. The van der Waals surface area contributed by atoms with Gasteiger partial charge in [0.1, 0.15) is 5.54 Å². The Bertz CT molecular complexity index is 264. The van der Waals surface area contributed by atoms with Crippen molar-refractivity contribution in [3.63, 3.8) is 0 Å². The van der Waals surface area contributed by atoms with Crippen molar-refractivity contribution in [3.05, 3.63) is 0 Å². The number of nitrogens with one attached hydrogen (secondary N) is 1. The van der Waals surface area contributed by atoms with Crippen molar-refractivity contribution >= 4 is 0 Å². The Morgan fingerprint density at radius 3 is 2.88 bits per heavy atom. The summed E-state index contributed by atoms with van der Waals surface area (Å²) in [6.45, 7) is 4.93. The number of methoxy groups -OCH3 is 1. The van der Waals surface area contributed by atoms with E-state index >= 15 is 0 Å².